The van der Waals surface area contributed by atoms with E-state index in [9.17, 15) is 0 Å². The number of aryl methyl sites for hydroxylation is 1. The van der Waals surface area contributed by atoms with E-state index in [1.807, 2.05) is 0 Å². The summed E-state index contributed by atoms with van der Waals surface area (Å²) in [4.78, 5) is 0. The van der Waals surface area contributed by atoms with E-state index in [0.717, 1.165) is 18.8 Å². The van der Waals surface area contributed by atoms with Crippen LogP contribution in [0.15, 0.2) is 36.4 Å². The molecule has 2 aromatic rings. The minimum absolute atomic E-state index is 0.830. The predicted octanol–water partition coefficient (Wildman–Crippen LogP) is 5.50. The van der Waals surface area contributed by atoms with Gasteiger partial charge in [-0.2, -0.15) is 0 Å². The molecule has 0 amide bonds. The van der Waals surface area contributed by atoms with Crippen LogP contribution < -0.4 is 4.74 Å². The molecule has 2 rings (SSSR count). The van der Waals surface area contributed by atoms with Gasteiger partial charge >= 0.3 is 0 Å². The Bertz CT molecular complexity index is 516. The van der Waals surface area contributed by atoms with Crippen LogP contribution in [0.4, 0.5) is 0 Å². The van der Waals surface area contributed by atoms with E-state index in [2.05, 4.69) is 50.2 Å². The molecule has 0 fully saturated rings. The van der Waals surface area contributed by atoms with E-state index in [4.69, 9.17) is 4.74 Å². The lowest BCUT2D eigenvalue weighted by Gasteiger charge is -2.10. The summed E-state index contributed by atoms with van der Waals surface area (Å²) in [7, 11) is 0. The van der Waals surface area contributed by atoms with Gasteiger partial charge in [-0.1, -0.05) is 62.9 Å². The van der Waals surface area contributed by atoms with Crippen molar-refractivity contribution in [3.05, 3.63) is 42.0 Å². The second-order valence-electron chi connectivity index (χ2n) is 5.19. The first-order chi connectivity index (χ1) is 9.33. The largest absolute Gasteiger partial charge is 0.493 e. The molecule has 0 saturated carbocycles. The summed E-state index contributed by atoms with van der Waals surface area (Å²) in [6.45, 7) is 5.22. The number of rotatable bonds is 7. The second kappa shape index (κ2) is 7.18. The highest BCUT2D eigenvalue weighted by atomic mass is 16.5. The van der Waals surface area contributed by atoms with Crippen molar-refractivity contribution >= 4 is 10.8 Å². The number of ether oxygens (including phenoxy) is 1. The molecule has 1 heteroatoms. The third-order valence-electron chi connectivity index (χ3n) is 3.61. The molecule has 2 aromatic carbocycles. The summed E-state index contributed by atoms with van der Waals surface area (Å²) < 4.78 is 5.95. The van der Waals surface area contributed by atoms with Crippen molar-refractivity contribution in [3.63, 3.8) is 0 Å². The van der Waals surface area contributed by atoms with E-state index in [1.165, 1.54) is 42.0 Å². The highest BCUT2D eigenvalue weighted by molar-refractivity contribution is 5.90. The van der Waals surface area contributed by atoms with Crippen LogP contribution in [0, 0.1) is 6.92 Å². The minimum atomic E-state index is 0.830. The SMILES string of the molecule is CCCCCCCOc1cccc2c(C)cccc12. The van der Waals surface area contributed by atoms with Crippen LogP contribution in [-0.4, -0.2) is 6.61 Å². The van der Waals surface area contributed by atoms with Crippen LogP contribution in [-0.2, 0) is 0 Å². The zero-order valence-corrected chi connectivity index (χ0v) is 12.1. The van der Waals surface area contributed by atoms with E-state index >= 15 is 0 Å². The highest BCUT2D eigenvalue weighted by Crippen LogP contribution is 2.27. The van der Waals surface area contributed by atoms with Gasteiger partial charge in [-0.25, -0.2) is 0 Å². The molecule has 0 saturated heterocycles. The van der Waals surface area contributed by atoms with Crippen molar-refractivity contribution in [2.75, 3.05) is 6.61 Å². The Balaban J connectivity index is 1.95. The Morgan fingerprint density at radius 3 is 2.42 bits per heavy atom. The average molecular weight is 256 g/mol. The van der Waals surface area contributed by atoms with Crippen molar-refractivity contribution in [2.45, 2.75) is 46.0 Å². The summed E-state index contributed by atoms with van der Waals surface area (Å²) in [6, 6.07) is 12.7. The fourth-order valence-electron chi connectivity index (χ4n) is 2.45. The first-order valence-corrected chi connectivity index (χ1v) is 7.44. The topological polar surface area (TPSA) is 9.23 Å². The van der Waals surface area contributed by atoms with E-state index in [1.54, 1.807) is 0 Å². The molecule has 0 N–H and O–H groups in total. The van der Waals surface area contributed by atoms with Crippen molar-refractivity contribution in [2.24, 2.45) is 0 Å². The fourth-order valence-corrected chi connectivity index (χ4v) is 2.45. The molecule has 102 valence electrons. The maximum atomic E-state index is 5.95. The van der Waals surface area contributed by atoms with Gasteiger partial charge in [-0.05, 0) is 30.4 Å². The Labute approximate surface area is 116 Å². The van der Waals surface area contributed by atoms with Crippen LogP contribution in [0.2, 0.25) is 0 Å². The molecular weight excluding hydrogens is 232 g/mol. The van der Waals surface area contributed by atoms with Gasteiger partial charge in [-0.15, -0.1) is 0 Å². The quantitative estimate of drug-likeness (QED) is 0.594. The molecular formula is C18H24O. The molecule has 0 atom stereocenters. The smallest absolute Gasteiger partial charge is 0.127 e. The lowest BCUT2D eigenvalue weighted by Crippen LogP contribution is -1.98. The lowest BCUT2D eigenvalue weighted by atomic mass is 10.1. The molecule has 0 radical (unpaired) electrons. The number of hydrogen-bond donors (Lipinski definition) is 0. The number of hydrogen-bond acceptors (Lipinski definition) is 1. The molecule has 0 aliphatic carbocycles. The maximum absolute atomic E-state index is 5.95. The van der Waals surface area contributed by atoms with Gasteiger partial charge < -0.3 is 4.74 Å². The molecule has 0 bridgehead atoms. The van der Waals surface area contributed by atoms with Gasteiger partial charge in [0, 0.05) is 5.39 Å². The number of benzene rings is 2. The molecule has 0 aromatic heterocycles. The molecule has 0 spiro atoms. The summed E-state index contributed by atoms with van der Waals surface area (Å²) in [6.07, 6.45) is 6.39. The average Bonchev–Trinajstić information content (AvgIpc) is 2.43. The van der Waals surface area contributed by atoms with Gasteiger partial charge in [0.15, 0.2) is 0 Å². The Morgan fingerprint density at radius 1 is 0.842 bits per heavy atom. The van der Waals surface area contributed by atoms with E-state index in [0.29, 0.717) is 0 Å². The summed E-state index contributed by atoms with van der Waals surface area (Å²) in [5.74, 6) is 1.02. The first kappa shape index (κ1) is 13.9. The summed E-state index contributed by atoms with van der Waals surface area (Å²) in [5.41, 5.74) is 1.31. The standard InChI is InChI=1S/C18H24O/c1-3-4-5-6-7-14-19-18-13-9-11-16-15(2)10-8-12-17(16)18/h8-13H,3-7,14H2,1-2H3. The molecule has 0 aliphatic heterocycles. The summed E-state index contributed by atoms with van der Waals surface area (Å²) in [5, 5.41) is 2.53. The van der Waals surface area contributed by atoms with Crippen molar-refractivity contribution in [3.8, 4) is 5.75 Å². The molecule has 19 heavy (non-hydrogen) atoms. The maximum Gasteiger partial charge on any atom is 0.127 e. The number of fused-ring (bicyclic) bond motifs is 1. The third kappa shape index (κ3) is 3.73. The Kier molecular flexibility index (Phi) is 5.26. The van der Waals surface area contributed by atoms with Crippen LogP contribution >= 0.6 is 0 Å². The molecule has 0 aliphatic rings. The van der Waals surface area contributed by atoms with Gasteiger partial charge in [0.25, 0.3) is 0 Å². The van der Waals surface area contributed by atoms with E-state index in [-0.39, 0.29) is 0 Å². The monoisotopic (exact) mass is 256 g/mol. The lowest BCUT2D eigenvalue weighted by molar-refractivity contribution is 0.308. The second-order valence-corrected chi connectivity index (χ2v) is 5.19. The fraction of sp³-hybridized carbons (Fsp3) is 0.444. The Hall–Kier alpha value is -1.50. The van der Waals surface area contributed by atoms with Crippen LogP contribution in [0.25, 0.3) is 10.8 Å². The normalized spacial score (nSPS) is 10.8. The molecule has 0 heterocycles. The zero-order chi connectivity index (χ0) is 13.5. The van der Waals surface area contributed by atoms with Crippen LogP contribution in [0.5, 0.6) is 5.75 Å². The van der Waals surface area contributed by atoms with Gasteiger partial charge in [-0.3, -0.25) is 0 Å². The molecule has 1 nitrogen and oxygen atoms in total. The third-order valence-corrected chi connectivity index (χ3v) is 3.61. The van der Waals surface area contributed by atoms with Gasteiger partial charge in [0.05, 0.1) is 6.61 Å². The van der Waals surface area contributed by atoms with E-state index < -0.39 is 0 Å². The minimum Gasteiger partial charge on any atom is -0.493 e. The van der Waals surface area contributed by atoms with Crippen LogP contribution in [0.1, 0.15) is 44.6 Å². The first-order valence-electron chi connectivity index (χ1n) is 7.44. The van der Waals surface area contributed by atoms with Crippen molar-refractivity contribution in [1.82, 2.24) is 0 Å². The zero-order valence-electron chi connectivity index (χ0n) is 12.1. The summed E-state index contributed by atoms with van der Waals surface area (Å²) >= 11 is 0. The van der Waals surface area contributed by atoms with Gasteiger partial charge in [0.1, 0.15) is 5.75 Å². The Morgan fingerprint density at radius 2 is 1.58 bits per heavy atom. The van der Waals surface area contributed by atoms with Crippen molar-refractivity contribution in [1.29, 1.82) is 0 Å². The van der Waals surface area contributed by atoms with Gasteiger partial charge in [0.2, 0.25) is 0 Å². The van der Waals surface area contributed by atoms with Crippen molar-refractivity contribution < 1.29 is 4.74 Å². The molecule has 0 unspecified atom stereocenters. The number of unbranched alkanes of at least 4 members (excludes halogenated alkanes) is 4. The van der Waals surface area contributed by atoms with Crippen LogP contribution in [0.3, 0.4) is 0 Å². The highest BCUT2D eigenvalue weighted by Gasteiger charge is 2.03. The predicted molar refractivity (Wildman–Crippen MR) is 82.9 cm³/mol.